The zero-order valence-corrected chi connectivity index (χ0v) is 17.2. The zero-order valence-electron chi connectivity index (χ0n) is 17.2. The molecular weight excluding hydrogens is 344 g/mol. The summed E-state index contributed by atoms with van der Waals surface area (Å²) in [5, 5.41) is 4.13. The summed E-state index contributed by atoms with van der Waals surface area (Å²) in [6, 6.07) is 16.3. The van der Waals surface area contributed by atoms with E-state index in [-0.39, 0.29) is 6.04 Å². The topological polar surface area (TPSA) is 24.5 Å². The molecule has 2 bridgehead atoms. The van der Waals surface area contributed by atoms with E-state index in [2.05, 4.69) is 66.5 Å². The lowest BCUT2D eigenvalue weighted by molar-refractivity contribution is 0.0691. The Labute approximate surface area is 169 Å². The van der Waals surface area contributed by atoms with Gasteiger partial charge < -0.3 is 15.0 Å². The fourth-order valence-corrected chi connectivity index (χ4v) is 5.46. The predicted octanol–water partition coefficient (Wildman–Crippen LogP) is 4.55. The summed E-state index contributed by atoms with van der Waals surface area (Å²) >= 11 is 0. The largest absolute Gasteiger partial charge is 0.489 e. The molecule has 3 nitrogen and oxygen atoms in total. The number of hydrogen-bond donors (Lipinski definition) is 1. The molecular formula is C25H32N2O. The Morgan fingerprint density at radius 3 is 2.64 bits per heavy atom. The van der Waals surface area contributed by atoms with E-state index in [4.69, 9.17) is 4.74 Å². The first-order valence-corrected chi connectivity index (χ1v) is 11.0. The Balaban J connectivity index is 1.58. The van der Waals surface area contributed by atoms with Gasteiger partial charge in [0.1, 0.15) is 12.4 Å². The fraction of sp³-hybridized carbons (Fsp3) is 0.520. The summed E-state index contributed by atoms with van der Waals surface area (Å²) in [4.78, 5) is 2.64. The van der Waals surface area contributed by atoms with Gasteiger partial charge in [0.2, 0.25) is 0 Å². The van der Waals surface area contributed by atoms with E-state index >= 15 is 0 Å². The van der Waals surface area contributed by atoms with Gasteiger partial charge in [-0.05, 0) is 66.9 Å². The smallest absolute Gasteiger partial charge is 0.125 e. The molecule has 148 valence electrons. The number of hydrogen-bond acceptors (Lipinski definition) is 3. The molecule has 0 radical (unpaired) electrons. The number of ether oxygens (including phenoxy) is 1. The second-order valence-electron chi connectivity index (χ2n) is 9.26. The molecule has 28 heavy (non-hydrogen) atoms. The second-order valence-corrected chi connectivity index (χ2v) is 9.26. The highest BCUT2D eigenvalue weighted by atomic mass is 16.5. The Bertz CT molecular complexity index is 838. The molecule has 6 rings (SSSR count). The van der Waals surface area contributed by atoms with Crippen molar-refractivity contribution in [3.05, 3.63) is 64.7 Å². The SMILES string of the molecule is CC(C)Cc1cccc2c1C(NC1CN3CCC1CC3)c1ccccc1CO2. The maximum atomic E-state index is 6.33. The van der Waals surface area contributed by atoms with E-state index < -0.39 is 0 Å². The normalized spacial score (nSPS) is 28.4. The molecule has 0 saturated carbocycles. The van der Waals surface area contributed by atoms with Crippen LogP contribution in [0.5, 0.6) is 5.75 Å². The van der Waals surface area contributed by atoms with Crippen molar-refractivity contribution in [1.82, 2.24) is 10.2 Å². The van der Waals surface area contributed by atoms with Gasteiger partial charge in [-0.2, -0.15) is 0 Å². The van der Waals surface area contributed by atoms with Crippen molar-refractivity contribution in [2.45, 2.75) is 51.8 Å². The lowest BCUT2D eigenvalue weighted by atomic mass is 9.82. The van der Waals surface area contributed by atoms with Crippen LogP contribution in [0.15, 0.2) is 42.5 Å². The molecule has 4 heterocycles. The Kier molecular flexibility index (Phi) is 4.90. The van der Waals surface area contributed by atoms with Crippen molar-refractivity contribution in [2.24, 2.45) is 11.8 Å². The number of nitrogens with zero attached hydrogens (tertiary/aromatic N) is 1. The van der Waals surface area contributed by atoms with Gasteiger partial charge in [0.25, 0.3) is 0 Å². The summed E-state index contributed by atoms with van der Waals surface area (Å²) < 4.78 is 6.33. The van der Waals surface area contributed by atoms with Crippen molar-refractivity contribution in [1.29, 1.82) is 0 Å². The summed E-state index contributed by atoms with van der Waals surface area (Å²) in [6.45, 7) is 9.02. The minimum absolute atomic E-state index is 0.217. The first-order chi connectivity index (χ1) is 13.7. The Hall–Kier alpha value is -1.84. The van der Waals surface area contributed by atoms with E-state index in [0.717, 1.165) is 18.1 Å². The van der Waals surface area contributed by atoms with E-state index in [0.29, 0.717) is 18.6 Å². The standard InChI is InChI=1S/C25H32N2O/c1-17(2)14-19-7-5-9-23-24(19)25(21-8-4-3-6-20(21)16-28-23)26-22-15-27-12-10-18(22)11-13-27/h3-9,17-18,22,25-26H,10-16H2,1-2H3. The molecule has 0 amide bonds. The molecule has 3 heteroatoms. The van der Waals surface area contributed by atoms with Gasteiger partial charge in [-0.15, -0.1) is 0 Å². The molecule has 0 spiro atoms. The predicted molar refractivity (Wildman–Crippen MR) is 114 cm³/mol. The van der Waals surface area contributed by atoms with Crippen LogP contribution < -0.4 is 10.1 Å². The fourth-order valence-electron chi connectivity index (χ4n) is 5.46. The highest BCUT2D eigenvalue weighted by Crippen LogP contribution is 2.40. The summed E-state index contributed by atoms with van der Waals surface area (Å²) in [7, 11) is 0. The molecule has 1 N–H and O–H groups in total. The van der Waals surface area contributed by atoms with Crippen molar-refractivity contribution in [2.75, 3.05) is 19.6 Å². The van der Waals surface area contributed by atoms with Gasteiger partial charge in [-0.25, -0.2) is 0 Å². The third-order valence-corrected chi connectivity index (χ3v) is 6.86. The van der Waals surface area contributed by atoms with Crippen LogP contribution in [0.25, 0.3) is 0 Å². The van der Waals surface area contributed by atoms with Crippen LogP contribution in [0.2, 0.25) is 0 Å². The van der Waals surface area contributed by atoms with Gasteiger partial charge in [0, 0.05) is 18.2 Å². The highest BCUT2D eigenvalue weighted by Gasteiger charge is 2.37. The number of nitrogens with one attached hydrogen (secondary N) is 1. The highest BCUT2D eigenvalue weighted by molar-refractivity contribution is 5.50. The average molecular weight is 377 g/mol. The van der Waals surface area contributed by atoms with Crippen molar-refractivity contribution in [3.63, 3.8) is 0 Å². The molecule has 0 aliphatic carbocycles. The van der Waals surface area contributed by atoms with Crippen LogP contribution >= 0.6 is 0 Å². The summed E-state index contributed by atoms with van der Waals surface area (Å²) in [5.41, 5.74) is 5.52. The first-order valence-electron chi connectivity index (χ1n) is 11.0. The maximum absolute atomic E-state index is 6.33. The van der Waals surface area contributed by atoms with Crippen LogP contribution in [0.4, 0.5) is 0 Å². The van der Waals surface area contributed by atoms with Crippen molar-refractivity contribution >= 4 is 0 Å². The van der Waals surface area contributed by atoms with Crippen LogP contribution in [0, 0.1) is 11.8 Å². The van der Waals surface area contributed by atoms with Gasteiger partial charge in [0.15, 0.2) is 0 Å². The molecule has 2 atom stereocenters. The number of piperidine rings is 3. The van der Waals surface area contributed by atoms with Gasteiger partial charge >= 0.3 is 0 Å². The lowest BCUT2D eigenvalue weighted by Gasteiger charge is -2.46. The molecule has 4 aliphatic heterocycles. The molecule has 2 aromatic carbocycles. The van der Waals surface area contributed by atoms with Gasteiger partial charge in [-0.1, -0.05) is 50.2 Å². The minimum Gasteiger partial charge on any atom is -0.489 e. The van der Waals surface area contributed by atoms with Gasteiger partial charge in [0.05, 0.1) is 6.04 Å². The maximum Gasteiger partial charge on any atom is 0.125 e. The van der Waals surface area contributed by atoms with Gasteiger partial charge in [-0.3, -0.25) is 0 Å². The number of rotatable bonds is 4. The monoisotopic (exact) mass is 376 g/mol. The Morgan fingerprint density at radius 2 is 1.89 bits per heavy atom. The zero-order chi connectivity index (χ0) is 19.1. The molecule has 4 aliphatic rings. The second kappa shape index (κ2) is 7.53. The molecule has 2 aromatic rings. The summed E-state index contributed by atoms with van der Waals surface area (Å²) in [5.74, 6) is 2.50. The molecule has 2 unspecified atom stereocenters. The lowest BCUT2D eigenvalue weighted by Crippen LogP contribution is -2.56. The molecule has 3 fully saturated rings. The molecule has 3 saturated heterocycles. The van der Waals surface area contributed by atoms with E-state index in [9.17, 15) is 0 Å². The van der Waals surface area contributed by atoms with Crippen molar-refractivity contribution < 1.29 is 4.74 Å². The third kappa shape index (κ3) is 3.35. The number of benzene rings is 2. The van der Waals surface area contributed by atoms with Crippen LogP contribution in [-0.4, -0.2) is 30.6 Å². The van der Waals surface area contributed by atoms with Crippen LogP contribution in [0.1, 0.15) is 55.0 Å². The third-order valence-electron chi connectivity index (χ3n) is 6.86. The van der Waals surface area contributed by atoms with E-state index in [1.807, 2.05) is 0 Å². The average Bonchev–Trinajstić information content (AvgIpc) is 2.87. The minimum atomic E-state index is 0.217. The van der Waals surface area contributed by atoms with E-state index in [1.165, 1.54) is 54.7 Å². The molecule has 0 aromatic heterocycles. The van der Waals surface area contributed by atoms with E-state index in [1.54, 1.807) is 0 Å². The number of fused-ring (bicyclic) bond motifs is 5. The van der Waals surface area contributed by atoms with Crippen molar-refractivity contribution in [3.8, 4) is 5.75 Å². The first kappa shape index (κ1) is 18.2. The Morgan fingerprint density at radius 1 is 1.07 bits per heavy atom. The summed E-state index contributed by atoms with van der Waals surface area (Å²) in [6.07, 6.45) is 3.76. The quantitative estimate of drug-likeness (QED) is 0.847. The van der Waals surface area contributed by atoms with Crippen LogP contribution in [0.3, 0.4) is 0 Å². The van der Waals surface area contributed by atoms with Crippen LogP contribution in [-0.2, 0) is 13.0 Å².